The Morgan fingerprint density at radius 2 is 2.14 bits per heavy atom. The largest absolute Gasteiger partial charge is 0.508 e. The average Bonchev–Trinajstić information content (AvgIpc) is 2.91. The number of hydrogen-bond donors (Lipinski definition) is 3. The first-order valence-corrected chi connectivity index (χ1v) is 7.03. The highest BCUT2D eigenvalue weighted by Gasteiger charge is 2.39. The van der Waals surface area contributed by atoms with Gasteiger partial charge in [-0.3, -0.25) is 9.69 Å². The highest BCUT2D eigenvalue weighted by Crippen LogP contribution is 2.34. The van der Waals surface area contributed by atoms with Crippen LogP contribution in [0.1, 0.15) is 25.5 Å². The third-order valence-corrected chi connectivity index (χ3v) is 4.12. The van der Waals surface area contributed by atoms with Crippen LogP contribution in [-0.2, 0) is 9.53 Å². The van der Waals surface area contributed by atoms with Crippen molar-refractivity contribution < 1.29 is 24.9 Å². The van der Waals surface area contributed by atoms with Crippen molar-refractivity contribution in [2.24, 2.45) is 5.92 Å². The Hall–Kier alpha value is -1.79. The van der Waals surface area contributed by atoms with Crippen molar-refractivity contribution in [2.75, 3.05) is 19.8 Å². The fraction of sp³-hybridized carbons (Fsp3) is 0.533. The normalized spacial score (nSPS) is 23.4. The number of hydrogen-bond acceptors (Lipinski definition) is 5. The number of aromatic hydroxyl groups is 2. The van der Waals surface area contributed by atoms with Gasteiger partial charge in [0.05, 0.1) is 19.1 Å². The Labute approximate surface area is 123 Å². The zero-order valence-corrected chi connectivity index (χ0v) is 12.2. The summed E-state index contributed by atoms with van der Waals surface area (Å²) >= 11 is 0. The molecule has 0 aliphatic carbocycles. The van der Waals surface area contributed by atoms with Crippen molar-refractivity contribution in [2.45, 2.75) is 25.9 Å². The number of carbonyl (C=O) groups is 1. The van der Waals surface area contributed by atoms with E-state index in [1.54, 1.807) is 0 Å². The SMILES string of the molecule is CCN(C(C)c1cc(O)ccc1O)C1COCC1C(=O)O. The zero-order valence-electron chi connectivity index (χ0n) is 12.2. The van der Waals surface area contributed by atoms with Crippen LogP contribution < -0.4 is 0 Å². The van der Waals surface area contributed by atoms with E-state index in [-0.39, 0.29) is 30.2 Å². The Kier molecular flexibility index (Phi) is 4.69. The van der Waals surface area contributed by atoms with E-state index in [0.717, 1.165) is 0 Å². The van der Waals surface area contributed by atoms with Crippen LogP contribution in [-0.4, -0.2) is 52.0 Å². The highest BCUT2D eigenvalue weighted by molar-refractivity contribution is 5.71. The smallest absolute Gasteiger partial charge is 0.310 e. The van der Waals surface area contributed by atoms with Gasteiger partial charge in [-0.15, -0.1) is 0 Å². The van der Waals surface area contributed by atoms with E-state index in [9.17, 15) is 20.1 Å². The van der Waals surface area contributed by atoms with E-state index in [1.807, 2.05) is 18.7 Å². The lowest BCUT2D eigenvalue weighted by molar-refractivity contribution is -0.143. The number of likely N-dealkylation sites (N-methyl/N-ethyl adjacent to an activating group) is 1. The van der Waals surface area contributed by atoms with Gasteiger partial charge in [0.15, 0.2) is 0 Å². The van der Waals surface area contributed by atoms with E-state index in [1.165, 1.54) is 18.2 Å². The molecule has 0 amide bonds. The minimum absolute atomic E-state index is 0.0724. The number of benzene rings is 1. The maximum atomic E-state index is 11.3. The van der Waals surface area contributed by atoms with Gasteiger partial charge in [-0.25, -0.2) is 0 Å². The number of nitrogens with zero attached hydrogens (tertiary/aromatic N) is 1. The molecule has 0 radical (unpaired) electrons. The summed E-state index contributed by atoms with van der Waals surface area (Å²) < 4.78 is 5.32. The summed E-state index contributed by atoms with van der Waals surface area (Å²) in [7, 11) is 0. The quantitative estimate of drug-likeness (QED) is 0.715. The second-order valence-electron chi connectivity index (χ2n) is 5.30. The topological polar surface area (TPSA) is 90.2 Å². The van der Waals surface area contributed by atoms with Crippen LogP contribution in [0, 0.1) is 5.92 Å². The van der Waals surface area contributed by atoms with Gasteiger partial charge in [-0.05, 0) is 31.7 Å². The van der Waals surface area contributed by atoms with Gasteiger partial charge in [-0.2, -0.15) is 0 Å². The molecule has 6 nitrogen and oxygen atoms in total. The molecule has 6 heteroatoms. The predicted octanol–water partition coefficient (Wildman–Crippen LogP) is 1.58. The van der Waals surface area contributed by atoms with Crippen LogP contribution in [0.5, 0.6) is 11.5 Å². The molecule has 0 aromatic heterocycles. The van der Waals surface area contributed by atoms with Crippen molar-refractivity contribution in [3.8, 4) is 11.5 Å². The van der Waals surface area contributed by atoms with Crippen LogP contribution >= 0.6 is 0 Å². The van der Waals surface area contributed by atoms with E-state index in [4.69, 9.17) is 4.74 Å². The Morgan fingerprint density at radius 3 is 2.76 bits per heavy atom. The summed E-state index contributed by atoms with van der Waals surface area (Å²) in [4.78, 5) is 13.3. The Morgan fingerprint density at radius 1 is 1.43 bits per heavy atom. The molecule has 1 aromatic carbocycles. The van der Waals surface area contributed by atoms with E-state index in [2.05, 4.69) is 0 Å². The maximum Gasteiger partial charge on any atom is 0.310 e. The molecule has 3 atom stereocenters. The first-order valence-electron chi connectivity index (χ1n) is 7.03. The highest BCUT2D eigenvalue weighted by atomic mass is 16.5. The molecule has 2 rings (SSSR count). The summed E-state index contributed by atoms with van der Waals surface area (Å²) in [5, 5.41) is 28.9. The Balaban J connectivity index is 2.28. The molecule has 3 N–H and O–H groups in total. The van der Waals surface area contributed by atoms with E-state index < -0.39 is 11.9 Å². The van der Waals surface area contributed by atoms with Gasteiger partial charge in [-0.1, -0.05) is 6.92 Å². The summed E-state index contributed by atoms with van der Waals surface area (Å²) in [6.45, 7) is 5.00. The van der Waals surface area contributed by atoms with Crippen molar-refractivity contribution in [3.05, 3.63) is 23.8 Å². The number of rotatable bonds is 5. The summed E-state index contributed by atoms with van der Waals surface area (Å²) in [6, 6.07) is 3.89. The summed E-state index contributed by atoms with van der Waals surface area (Å²) in [6.07, 6.45) is 0. The van der Waals surface area contributed by atoms with Crippen LogP contribution in [0.15, 0.2) is 18.2 Å². The first kappa shape index (κ1) is 15.6. The molecule has 0 spiro atoms. The molecule has 1 heterocycles. The molecule has 1 saturated heterocycles. The van der Waals surface area contributed by atoms with Crippen molar-refractivity contribution in [3.63, 3.8) is 0 Å². The minimum Gasteiger partial charge on any atom is -0.508 e. The second-order valence-corrected chi connectivity index (χ2v) is 5.30. The lowest BCUT2D eigenvalue weighted by atomic mass is 9.97. The van der Waals surface area contributed by atoms with Crippen molar-refractivity contribution >= 4 is 5.97 Å². The number of ether oxygens (including phenoxy) is 1. The molecule has 0 saturated carbocycles. The average molecular weight is 295 g/mol. The lowest BCUT2D eigenvalue weighted by Gasteiger charge is -2.35. The number of aliphatic carboxylic acids is 1. The summed E-state index contributed by atoms with van der Waals surface area (Å²) in [5.41, 5.74) is 0.577. The second kappa shape index (κ2) is 6.32. The maximum absolute atomic E-state index is 11.3. The fourth-order valence-corrected chi connectivity index (χ4v) is 2.96. The van der Waals surface area contributed by atoms with Crippen LogP contribution in [0.2, 0.25) is 0 Å². The lowest BCUT2D eigenvalue weighted by Crippen LogP contribution is -2.44. The van der Waals surface area contributed by atoms with Crippen LogP contribution in [0.3, 0.4) is 0 Å². The Bertz CT molecular complexity index is 519. The summed E-state index contributed by atoms with van der Waals surface area (Å²) in [5.74, 6) is -1.29. The van der Waals surface area contributed by atoms with Crippen molar-refractivity contribution in [1.29, 1.82) is 0 Å². The molecule has 3 unspecified atom stereocenters. The van der Waals surface area contributed by atoms with E-state index >= 15 is 0 Å². The molecular weight excluding hydrogens is 274 g/mol. The predicted molar refractivity (Wildman–Crippen MR) is 76.3 cm³/mol. The third-order valence-electron chi connectivity index (χ3n) is 4.12. The molecular formula is C15H21NO5. The number of carboxylic acid groups (broad SMARTS) is 1. The number of phenols is 2. The minimum atomic E-state index is -0.872. The van der Waals surface area contributed by atoms with Gasteiger partial charge in [0, 0.05) is 17.6 Å². The molecule has 0 bridgehead atoms. The zero-order chi connectivity index (χ0) is 15.6. The van der Waals surface area contributed by atoms with Gasteiger partial charge < -0.3 is 20.1 Å². The molecule has 1 fully saturated rings. The standard InChI is InChI=1S/C15H21NO5/c1-3-16(13-8-21-7-12(13)15(19)20)9(2)11-6-10(17)4-5-14(11)18/h4-6,9,12-13,17-18H,3,7-8H2,1-2H3,(H,19,20). The van der Waals surface area contributed by atoms with Crippen molar-refractivity contribution in [1.82, 2.24) is 4.90 Å². The van der Waals surface area contributed by atoms with E-state index in [0.29, 0.717) is 18.7 Å². The van der Waals surface area contributed by atoms with Crippen LogP contribution in [0.4, 0.5) is 0 Å². The monoisotopic (exact) mass is 295 g/mol. The van der Waals surface area contributed by atoms with Gasteiger partial charge in [0.1, 0.15) is 11.5 Å². The fourth-order valence-electron chi connectivity index (χ4n) is 2.96. The molecule has 1 aliphatic rings. The third kappa shape index (κ3) is 3.11. The van der Waals surface area contributed by atoms with Gasteiger partial charge >= 0.3 is 5.97 Å². The molecule has 1 aliphatic heterocycles. The number of phenolic OH excluding ortho intramolecular Hbond substituents is 2. The van der Waals surface area contributed by atoms with Gasteiger partial charge in [0.25, 0.3) is 0 Å². The molecule has 21 heavy (non-hydrogen) atoms. The molecule has 1 aromatic rings. The molecule has 116 valence electrons. The van der Waals surface area contributed by atoms with Crippen LogP contribution in [0.25, 0.3) is 0 Å². The van der Waals surface area contributed by atoms with Gasteiger partial charge in [0.2, 0.25) is 0 Å². The first-order chi connectivity index (χ1) is 9.95. The number of carboxylic acids is 1.